The van der Waals surface area contributed by atoms with Gasteiger partial charge in [0.1, 0.15) is 0 Å². The SMILES string of the molecule is C=N/C(=C\C(=NCc1ccc(C(C)(C)c2ccc(-c3nc(-c4ccccc4)cc(-c4ccc5ccccc5c4)n3)cc2)cc1)C1=CCC(C)C=C1)c1ccc2c(c1)CCC=C2.CC. The first kappa shape index (κ1) is 42.6. The summed E-state index contributed by atoms with van der Waals surface area (Å²) in [6.07, 6.45) is 16.4. The molecule has 0 amide bonds. The molecule has 7 aromatic rings. The molecule has 4 heteroatoms. The number of fused-ring (bicyclic) bond motifs is 2. The highest BCUT2D eigenvalue weighted by Gasteiger charge is 2.24. The summed E-state index contributed by atoms with van der Waals surface area (Å²) < 4.78 is 0. The zero-order valence-corrected chi connectivity index (χ0v) is 37.2. The van der Waals surface area contributed by atoms with Crippen molar-refractivity contribution in [1.82, 2.24) is 9.97 Å². The molecular formula is C59H56N4. The monoisotopic (exact) mass is 820 g/mol. The van der Waals surface area contributed by atoms with Crippen LogP contribution in [0.2, 0.25) is 0 Å². The minimum absolute atomic E-state index is 0.235. The van der Waals surface area contributed by atoms with Gasteiger partial charge in [-0.2, -0.15) is 0 Å². The minimum atomic E-state index is -0.235. The van der Waals surface area contributed by atoms with Crippen molar-refractivity contribution >= 4 is 35.0 Å². The van der Waals surface area contributed by atoms with Gasteiger partial charge in [0.15, 0.2) is 5.82 Å². The van der Waals surface area contributed by atoms with Gasteiger partial charge >= 0.3 is 0 Å². The van der Waals surface area contributed by atoms with E-state index in [0.29, 0.717) is 18.3 Å². The number of allylic oxidation sites excluding steroid dienone is 6. The van der Waals surface area contributed by atoms with E-state index in [0.717, 1.165) is 75.4 Å². The molecule has 1 unspecified atom stereocenters. The molecule has 0 aliphatic heterocycles. The predicted octanol–water partition coefficient (Wildman–Crippen LogP) is 15.1. The number of hydrogen-bond acceptors (Lipinski definition) is 4. The van der Waals surface area contributed by atoms with Gasteiger partial charge in [0.05, 0.1) is 29.3 Å². The lowest BCUT2D eigenvalue weighted by atomic mass is 9.78. The lowest BCUT2D eigenvalue weighted by Crippen LogP contribution is -2.18. The lowest BCUT2D eigenvalue weighted by molar-refractivity contribution is 0.640. The van der Waals surface area contributed by atoms with Gasteiger partial charge in [-0.15, -0.1) is 0 Å². The summed E-state index contributed by atoms with van der Waals surface area (Å²) in [5.74, 6) is 1.22. The molecule has 312 valence electrons. The third kappa shape index (κ3) is 9.72. The quantitative estimate of drug-likeness (QED) is 0.122. The zero-order chi connectivity index (χ0) is 43.8. The molecule has 0 bridgehead atoms. The van der Waals surface area contributed by atoms with Crippen LogP contribution in [0, 0.1) is 5.92 Å². The van der Waals surface area contributed by atoms with Crippen LogP contribution in [0.3, 0.4) is 0 Å². The standard InChI is InChI=1S/C57H50N4.C2H6/c1-39-18-22-44(23-19-39)53(36-52(58-4)48-26-24-41-12-8-10-16-46(41)34-48)59-38-40-20-30-50(31-21-40)57(2,3)51-32-28-45(29-33-51)56-60-54(43-14-6-5-7-15-43)37-55(61-56)49-27-25-42-13-9-11-17-47(42)35-49;1-2/h5-9,11-15,17-18,20-37,39H,4,10,16,19,38H2,1-3H3;1-2H3/b52-36-,59-53?;. The number of nitrogens with zero attached hydrogens (tertiary/aromatic N) is 4. The molecule has 0 saturated heterocycles. The Bertz CT molecular complexity index is 2890. The maximum absolute atomic E-state index is 5.21. The molecule has 0 saturated carbocycles. The van der Waals surface area contributed by atoms with Crippen LogP contribution in [0.5, 0.6) is 0 Å². The predicted molar refractivity (Wildman–Crippen MR) is 269 cm³/mol. The molecule has 1 aromatic heterocycles. The molecule has 63 heavy (non-hydrogen) atoms. The summed E-state index contributed by atoms with van der Waals surface area (Å²) in [7, 11) is 0. The van der Waals surface area contributed by atoms with E-state index in [9.17, 15) is 0 Å². The number of aromatic nitrogens is 2. The molecule has 1 atom stereocenters. The molecule has 0 fully saturated rings. The van der Waals surface area contributed by atoms with Crippen molar-refractivity contribution in [3.63, 3.8) is 0 Å². The van der Waals surface area contributed by atoms with E-state index in [1.807, 2.05) is 19.9 Å². The Balaban J connectivity index is 0.00000268. The first-order chi connectivity index (χ1) is 30.8. The normalized spacial score (nSPS) is 15.0. The van der Waals surface area contributed by atoms with Crippen LogP contribution in [-0.4, -0.2) is 22.4 Å². The molecular weight excluding hydrogens is 765 g/mol. The largest absolute Gasteiger partial charge is 0.280 e. The van der Waals surface area contributed by atoms with Gasteiger partial charge in [0.2, 0.25) is 0 Å². The van der Waals surface area contributed by atoms with E-state index in [1.165, 1.54) is 33.0 Å². The molecule has 9 rings (SSSR count). The summed E-state index contributed by atoms with van der Waals surface area (Å²) in [6.45, 7) is 15.3. The van der Waals surface area contributed by atoms with E-state index < -0.39 is 0 Å². The second-order valence-corrected chi connectivity index (χ2v) is 16.8. The molecule has 0 spiro atoms. The molecule has 4 nitrogen and oxygen atoms in total. The van der Waals surface area contributed by atoms with Crippen LogP contribution in [0.25, 0.3) is 56.4 Å². The van der Waals surface area contributed by atoms with Gasteiger partial charge < -0.3 is 0 Å². The van der Waals surface area contributed by atoms with Crippen LogP contribution < -0.4 is 0 Å². The molecule has 0 N–H and O–H groups in total. The van der Waals surface area contributed by atoms with E-state index >= 15 is 0 Å². The number of aryl methyl sites for hydroxylation is 1. The minimum Gasteiger partial charge on any atom is -0.280 e. The first-order valence-corrected chi connectivity index (χ1v) is 22.4. The zero-order valence-electron chi connectivity index (χ0n) is 37.2. The summed E-state index contributed by atoms with van der Waals surface area (Å²) in [5.41, 5.74) is 14.9. The Morgan fingerprint density at radius 1 is 0.714 bits per heavy atom. The van der Waals surface area contributed by atoms with Crippen molar-refractivity contribution < 1.29 is 0 Å². The molecule has 2 aliphatic rings. The fourth-order valence-electron chi connectivity index (χ4n) is 8.32. The van der Waals surface area contributed by atoms with Gasteiger partial charge in [-0.3, -0.25) is 9.98 Å². The number of benzene rings is 6. The summed E-state index contributed by atoms with van der Waals surface area (Å²) >= 11 is 0. The van der Waals surface area contributed by atoms with Gasteiger partial charge in [0, 0.05) is 27.7 Å². The van der Waals surface area contributed by atoms with Gasteiger partial charge in [0.25, 0.3) is 0 Å². The second kappa shape index (κ2) is 19.3. The van der Waals surface area contributed by atoms with Crippen LogP contribution in [-0.2, 0) is 18.4 Å². The van der Waals surface area contributed by atoms with Gasteiger partial charge in [-0.05, 0) is 100 Å². The highest BCUT2D eigenvalue weighted by atomic mass is 14.9. The Labute approximate surface area is 374 Å². The smallest absolute Gasteiger partial charge is 0.160 e. The van der Waals surface area contributed by atoms with Crippen LogP contribution >= 0.6 is 0 Å². The van der Waals surface area contributed by atoms with Crippen LogP contribution in [0.4, 0.5) is 0 Å². The maximum atomic E-state index is 5.21. The van der Waals surface area contributed by atoms with Crippen molar-refractivity contribution in [2.24, 2.45) is 15.9 Å². The number of hydrogen-bond donors (Lipinski definition) is 0. The van der Waals surface area contributed by atoms with Crippen LogP contribution in [0.15, 0.2) is 192 Å². The third-order valence-electron chi connectivity index (χ3n) is 12.2. The van der Waals surface area contributed by atoms with Gasteiger partial charge in [-0.1, -0.05) is 192 Å². The Kier molecular flexibility index (Phi) is 13.1. The Hall–Kier alpha value is -7.04. The Morgan fingerprint density at radius 3 is 2.11 bits per heavy atom. The number of aliphatic imine (C=N–C) groups is 2. The van der Waals surface area contributed by atoms with Crippen molar-refractivity contribution in [2.45, 2.75) is 65.8 Å². The molecule has 1 heterocycles. The number of rotatable bonds is 11. The fourth-order valence-corrected chi connectivity index (χ4v) is 8.32. The molecule has 2 aliphatic carbocycles. The third-order valence-corrected chi connectivity index (χ3v) is 12.2. The van der Waals surface area contributed by atoms with Gasteiger partial charge in [-0.25, -0.2) is 9.97 Å². The van der Waals surface area contributed by atoms with E-state index in [2.05, 4.69) is 208 Å². The lowest BCUT2D eigenvalue weighted by Gasteiger charge is -2.26. The second-order valence-electron chi connectivity index (χ2n) is 16.8. The Morgan fingerprint density at radius 2 is 1.40 bits per heavy atom. The summed E-state index contributed by atoms with van der Waals surface area (Å²) in [6, 6.07) is 51.7. The average molecular weight is 821 g/mol. The highest BCUT2D eigenvalue weighted by Crippen LogP contribution is 2.35. The summed E-state index contributed by atoms with van der Waals surface area (Å²) in [4.78, 5) is 19.9. The van der Waals surface area contributed by atoms with Crippen molar-refractivity contribution in [3.05, 3.63) is 215 Å². The highest BCUT2D eigenvalue weighted by molar-refractivity contribution is 6.14. The van der Waals surface area contributed by atoms with E-state index in [4.69, 9.17) is 15.0 Å². The average Bonchev–Trinajstić information content (AvgIpc) is 3.35. The molecule has 6 aromatic carbocycles. The van der Waals surface area contributed by atoms with Crippen molar-refractivity contribution in [2.75, 3.05) is 0 Å². The molecule has 0 radical (unpaired) electrons. The summed E-state index contributed by atoms with van der Waals surface area (Å²) in [5, 5.41) is 2.40. The van der Waals surface area contributed by atoms with E-state index in [1.54, 1.807) is 0 Å². The fraction of sp³-hybridized carbons (Fsp3) is 0.186. The van der Waals surface area contributed by atoms with E-state index in [-0.39, 0.29) is 5.41 Å². The first-order valence-electron chi connectivity index (χ1n) is 22.4. The topological polar surface area (TPSA) is 50.5 Å². The maximum Gasteiger partial charge on any atom is 0.160 e. The van der Waals surface area contributed by atoms with Crippen LogP contribution in [0.1, 0.15) is 80.8 Å². The van der Waals surface area contributed by atoms with Crippen molar-refractivity contribution in [3.8, 4) is 33.9 Å². The van der Waals surface area contributed by atoms with Crippen molar-refractivity contribution in [1.29, 1.82) is 0 Å².